The molecule has 0 spiro atoms. The molecule has 1 aromatic rings. The Morgan fingerprint density at radius 3 is 2.71 bits per heavy atom. The summed E-state index contributed by atoms with van der Waals surface area (Å²) >= 11 is 0. The third-order valence-electron chi connectivity index (χ3n) is 3.41. The summed E-state index contributed by atoms with van der Waals surface area (Å²) < 4.78 is 0. The maximum atomic E-state index is 12.3. The Morgan fingerprint density at radius 2 is 2.12 bits per heavy atom. The monoisotopic (exact) mass is 232 g/mol. The molecule has 1 aromatic carbocycles. The number of hydrogen-bond acceptors (Lipinski definition) is 2. The molecule has 1 atom stereocenters. The standard InChI is InChI=1S/C14H20N2O/c1-5-10-7-6-8-11-13(10)16(4)14(17)12(15-11)9(2)3/h6-9,12,15H,5H2,1-4H3. The van der Waals surface area contributed by atoms with Crippen LogP contribution in [-0.4, -0.2) is 19.0 Å². The zero-order chi connectivity index (χ0) is 12.6. The number of likely N-dealkylation sites (N-methyl/N-ethyl adjacent to an activating group) is 1. The second kappa shape index (κ2) is 4.40. The predicted octanol–water partition coefficient (Wildman–Crippen LogP) is 2.66. The summed E-state index contributed by atoms with van der Waals surface area (Å²) in [6.07, 6.45) is 0.939. The molecule has 0 fully saturated rings. The highest BCUT2D eigenvalue weighted by Crippen LogP contribution is 2.35. The molecule has 17 heavy (non-hydrogen) atoms. The van der Waals surface area contributed by atoms with Crippen LogP contribution >= 0.6 is 0 Å². The highest BCUT2D eigenvalue weighted by atomic mass is 16.2. The first-order chi connectivity index (χ1) is 8.06. The van der Waals surface area contributed by atoms with Crippen molar-refractivity contribution in [2.24, 2.45) is 5.92 Å². The molecule has 2 rings (SSSR count). The maximum absolute atomic E-state index is 12.3. The first-order valence-electron chi connectivity index (χ1n) is 6.22. The summed E-state index contributed by atoms with van der Waals surface area (Å²) in [5.74, 6) is 0.455. The van der Waals surface area contributed by atoms with Crippen LogP contribution in [0.25, 0.3) is 0 Å². The summed E-state index contributed by atoms with van der Waals surface area (Å²) in [7, 11) is 1.87. The van der Waals surface area contributed by atoms with Gasteiger partial charge in [-0.15, -0.1) is 0 Å². The molecule has 0 saturated heterocycles. The molecule has 0 saturated carbocycles. The van der Waals surface area contributed by atoms with Crippen LogP contribution in [0, 0.1) is 5.92 Å². The SMILES string of the molecule is CCc1cccc2c1N(C)C(=O)C(C(C)C)N2. The van der Waals surface area contributed by atoms with Gasteiger partial charge in [0, 0.05) is 7.05 Å². The van der Waals surface area contributed by atoms with Crippen LogP contribution in [-0.2, 0) is 11.2 Å². The molecule has 1 aliphatic heterocycles. The van der Waals surface area contributed by atoms with Crippen molar-refractivity contribution in [1.82, 2.24) is 0 Å². The van der Waals surface area contributed by atoms with Gasteiger partial charge in [0.15, 0.2) is 0 Å². The number of amides is 1. The van der Waals surface area contributed by atoms with Crippen molar-refractivity contribution >= 4 is 17.3 Å². The molecule has 1 N–H and O–H groups in total. The second-order valence-electron chi connectivity index (χ2n) is 4.93. The molecule has 0 aromatic heterocycles. The van der Waals surface area contributed by atoms with Crippen LogP contribution < -0.4 is 10.2 Å². The largest absolute Gasteiger partial charge is 0.372 e. The molecule has 1 amide bonds. The van der Waals surface area contributed by atoms with Crippen molar-refractivity contribution in [3.05, 3.63) is 23.8 Å². The van der Waals surface area contributed by atoms with E-state index in [4.69, 9.17) is 0 Å². The molecule has 3 heteroatoms. The van der Waals surface area contributed by atoms with Gasteiger partial charge in [0.2, 0.25) is 5.91 Å². The molecule has 1 unspecified atom stereocenters. The third-order valence-corrected chi connectivity index (χ3v) is 3.41. The zero-order valence-electron chi connectivity index (χ0n) is 10.9. The van der Waals surface area contributed by atoms with Gasteiger partial charge in [-0.1, -0.05) is 32.9 Å². The van der Waals surface area contributed by atoms with Crippen molar-refractivity contribution < 1.29 is 4.79 Å². The lowest BCUT2D eigenvalue weighted by atomic mass is 9.97. The van der Waals surface area contributed by atoms with E-state index < -0.39 is 0 Å². The zero-order valence-corrected chi connectivity index (χ0v) is 10.9. The summed E-state index contributed by atoms with van der Waals surface area (Å²) in [6, 6.07) is 6.07. The normalized spacial score (nSPS) is 19.2. The van der Waals surface area contributed by atoms with Gasteiger partial charge in [-0.2, -0.15) is 0 Å². The van der Waals surface area contributed by atoms with E-state index in [1.807, 2.05) is 19.2 Å². The molecular formula is C14H20N2O. The van der Waals surface area contributed by atoms with E-state index in [0.717, 1.165) is 17.8 Å². The first-order valence-corrected chi connectivity index (χ1v) is 6.22. The van der Waals surface area contributed by atoms with Crippen molar-refractivity contribution in [3.8, 4) is 0 Å². The Morgan fingerprint density at radius 1 is 1.41 bits per heavy atom. The molecule has 0 bridgehead atoms. The molecule has 0 aliphatic carbocycles. The Balaban J connectivity index is 2.49. The van der Waals surface area contributed by atoms with Gasteiger partial charge < -0.3 is 10.2 Å². The fourth-order valence-electron chi connectivity index (χ4n) is 2.39. The van der Waals surface area contributed by atoms with Gasteiger partial charge in [-0.25, -0.2) is 0 Å². The van der Waals surface area contributed by atoms with Gasteiger partial charge in [-0.3, -0.25) is 4.79 Å². The van der Waals surface area contributed by atoms with Crippen LogP contribution in [0.2, 0.25) is 0 Å². The van der Waals surface area contributed by atoms with E-state index in [2.05, 4.69) is 32.2 Å². The van der Waals surface area contributed by atoms with Gasteiger partial charge in [0.05, 0.1) is 11.4 Å². The van der Waals surface area contributed by atoms with E-state index in [1.165, 1.54) is 5.56 Å². The van der Waals surface area contributed by atoms with Crippen LogP contribution in [0.1, 0.15) is 26.3 Å². The molecular weight excluding hydrogens is 212 g/mol. The highest BCUT2D eigenvalue weighted by Gasteiger charge is 2.32. The van der Waals surface area contributed by atoms with Gasteiger partial charge in [-0.05, 0) is 24.0 Å². The van der Waals surface area contributed by atoms with Gasteiger partial charge in [0.25, 0.3) is 0 Å². The van der Waals surface area contributed by atoms with Crippen molar-refractivity contribution in [2.75, 3.05) is 17.3 Å². The number of carbonyl (C=O) groups excluding carboxylic acids is 1. The minimum absolute atomic E-state index is 0.111. The quantitative estimate of drug-likeness (QED) is 0.850. The smallest absolute Gasteiger partial charge is 0.249 e. The number of fused-ring (bicyclic) bond motifs is 1. The van der Waals surface area contributed by atoms with E-state index in [9.17, 15) is 4.79 Å². The lowest BCUT2D eigenvalue weighted by Crippen LogP contribution is -2.48. The number of hydrogen-bond donors (Lipinski definition) is 1. The minimum atomic E-state index is -0.111. The number of aryl methyl sites for hydroxylation is 1. The third kappa shape index (κ3) is 1.90. The summed E-state index contributed by atoms with van der Waals surface area (Å²) in [5, 5.41) is 3.36. The van der Waals surface area contributed by atoms with Gasteiger partial charge >= 0.3 is 0 Å². The summed E-state index contributed by atoms with van der Waals surface area (Å²) in [6.45, 7) is 6.25. The summed E-state index contributed by atoms with van der Waals surface area (Å²) in [4.78, 5) is 14.1. The van der Waals surface area contributed by atoms with Crippen LogP contribution in [0.5, 0.6) is 0 Å². The van der Waals surface area contributed by atoms with Crippen LogP contribution in [0.4, 0.5) is 11.4 Å². The lowest BCUT2D eigenvalue weighted by Gasteiger charge is -2.36. The molecule has 0 radical (unpaired) electrons. The Bertz CT molecular complexity index is 440. The number of carbonyl (C=O) groups is 1. The van der Waals surface area contributed by atoms with Gasteiger partial charge in [0.1, 0.15) is 6.04 Å². The average molecular weight is 232 g/mol. The molecule has 1 aliphatic rings. The topological polar surface area (TPSA) is 32.3 Å². The highest BCUT2D eigenvalue weighted by molar-refractivity contribution is 6.05. The number of nitrogens with one attached hydrogen (secondary N) is 1. The van der Waals surface area contributed by atoms with Crippen molar-refractivity contribution in [3.63, 3.8) is 0 Å². The number of para-hydroxylation sites is 1. The number of anilines is 2. The Kier molecular flexibility index (Phi) is 3.09. The summed E-state index contributed by atoms with van der Waals surface area (Å²) in [5.41, 5.74) is 3.33. The fraction of sp³-hybridized carbons (Fsp3) is 0.500. The minimum Gasteiger partial charge on any atom is -0.372 e. The van der Waals surface area contributed by atoms with E-state index in [1.54, 1.807) is 4.90 Å². The van der Waals surface area contributed by atoms with Crippen LogP contribution in [0.3, 0.4) is 0 Å². The fourth-order valence-corrected chi connectivity index (χ4v) is 2.39. The first kappa shape index (κ1) is 12.0. The number of benzene rings is 1. The van der Waals surface area contributed by atoms with E-state index >= 15 is 0 Å². The van der Waals surface area contributed by atoms with E-state index in [-0.39, 0.29) is 11.9 Å². The predicted molar refractivity (Wildman–Crippen MR) is 71.5 cm³/mol. The average Bonchev–Trinajstić information content (AvgIpc) is 2.32. The lowest BCUT2D eigenvalue weighted by molar-refractivity contribution is -0.120. The van der Waals surface area contributed by atoms with Crippen molar-refractivity contribution in [1.29, 1.82) is 0 Å². The number of nitrogens with zero attached hydrogens (tertiary/aromatic N) is 1. The molecule has 3 nitrogen and oxygen atoms in total. The maximum Gasteiger partial charge on any atom is 0.249 e. The van der Waals surface area contributed by atoms with Crippen molar-refractivity contribution in [2.45, 2.75) is 33.2 Å². The van der Waals surface area contributed by atoms with Crippen LogP contribution in [0.15, 0.2) is 18.2 Å². The Labute approximate surface area is 103 Å². The van der Waals surface area contributed by atoms with E-state index in [0.29, 0.717) is 5.92 Å². The number of rotatable bonds is 2. The Hall–Kier alpha value is -1.51. The molecule has 1 heterocycles. The molecule has 92 valence electrons. The second-order valence-corrected chi connectivity index (χ2v) is 4.93.